The molecule has 0 amide bonds. The van der Waals surface area contributed by atoms with Gasteiger partial charge in [0.05, 0.1) is 5.97 Å². The summed E-state index contributed by atoms with van der Waals surface area (Å²) in [5, 5.41) is 18.9. The van der Waals surface area contributed by atoms with Crippen LogP contribution in [0.15, 0.2) is 0 Å². The van der Waals surface area contributed by atoms with Crippen molar-refractivity contribution in [1.82, 2.24) is 0 Å². The van der Waals surface area contributed by atoms with Crippen LogP contribution >= 0.6 is 10.8 Å². The van der Waals surface area contributed by atoms with Gasteiger partial charge in [-0.1, -0.05) is 0 Å². The van der Waals surface area contributed by atoms with E-state index < -0.39 is 42.1 Å². The maximum atomic E-state index is 11.1. The van der Waals surface area contributed by atoms with Crippen LogP contribution in [0.4, 0.5) is 0 Å². The molecule has 0 aliphatic carbocycles. The Morgan fingerprint density at radius 2 is 1.80 bits per heavy atom. The molecule has 0 aromatic carbocycles. The molecule has 0 saturated carbocycles. The Bertz CT molecular complexity index is 441. The first-order valence-electron chi connectivity index (χ1n) is 5.32. The Morgan fingerprint density at radius 3 is 2.20 bits per heavy atom. The number of carboxylic acid groups (broad SMARTS) is 2. The molecule has 0 radical (unpaired) electrons. The summed E-state index contributed by atoms with van der Waals surface area (Å²) < 4.78 is 31.3. The predicted molar refractivity (Wildman–Crippen MR) is 74.1 cm³/mol. The van der Waals surface area contributed by atoms with Crippen molar-refractivity contribution in [3.05, 3.63) is 0 Å². The normalized spacial score (nSPS) is 16.4. The van der Waals surface area contributed by atoms with Crippen molar-refractivity contribution in [3.8, 4) is 0 Å². The molecule has 0 bridgehead atoms. The second-order valence-corrected chi connectivity index (χ2v) is 11.2. The van der Waals surface area contributed by atoms with E-state index in [0.717, 1.165) is 10.8 Å². The first-order valence-corrected chi connectivity index (χ1v) is 10.2. The summed E-state index contributed by atoms with van der Waals surface area (Å²) in [5.41, 5.74) is 10.4. The largest absolute Gasteiger partial charge is 0.548 e. The molecule has 0 spiro atoms. The maximum absolute atomic E-state index is 11.1. The Morgan fingerprint density at radius 1 is 1.25 bits per heavy atom. The number of rotatable bonds is 10. The predicted octanol–water partition coefficient (Wildman–Crippen LogP) is -2.67. The number of hydrogen-bond donors (Lipinski definition) is 4. The Balaban J connectivity index is 4.38. The number of nitrogens with two attached hydrogens (primary N) is 2. The topological polar surface area (TPSA) is 184 Å². The molecule has 0 aromatic heterocycles. The van der Waals surface area contributed by atoms with Gasteiger partial charge in [-0.15, -0.1) is 8.42 Å². The highest BCUT2D eigenvalue weighted by atomic mass is 33.5. The van der Waals surface area contributed by atoms with Crippen LogP contribution in [-0.2, 0) is 27.7 Å². The van der Waals surface area contributed by atoms with E-state index in [1.165, 1.54) is 0 Å². The lowest BCUT2D eigenvalue weighted by molar-refractivity contribution is -0.307. The lowest BCUT2D eigenvalue weighted by Gasteiger charge is -2.11. The molecular weight excluding hydrogens is 332 g/mol. The molecular formula is C8H16N2O7S3. The smallest absolute Gasteiger partial charge is 0.459 e. The average molecular weight is 348 g/mol. The highest BCUT2D eigenvalue weighted by molar-refractivity contribution is 9.02. The minimum atomic E-state index is -4.37. The molecule has 0 aromatic rings. The minimum Gasteiger partial charge on any atom is -0.548 e. The van der Waals surface area contributed by atoms with E-state index >= 15 is 0 Å². The third-order valence-electron chi connectivity index (χ3n) is 2.09. The van der Waals surface area contributed by atoms with E-state index in [2.05, 4.69) is 0 Å². The minimum absolute atomic E-state index is 0.0307. The zero-order valence-electron chi connectivity index (χ0n) is 10.3. The van der Waals surface area contributed by atoms with Gasteiger partial charge in [-0.3, -0.25) is 4.79 Å². The molecule has 0 saturated heterocycles. The van der Waals surface area contributed by atoms with Gasteiger partial charge in [-0.25, -0.2) is 4.55 Å². The fraction of sp³-hybridized carbons (Fsp3) is 0.750. The van der Waals surface area contributed by atoms with Crippen LogP contribution in [0.2, 0.25) is 0 Å². The van der Waals surface area contributed by atoms with E-state index in [0.29, 0.717) is 0 Å². The maximum Gasteiger partial charge on any atom is 0.459 e. The summed E-state index contributed by atoms with van der Waals surface area (Å²) in [6, 6.07) is -2.45. The van der Waals surface area contributed by atoms with Crippen LogP contribution in [0.25, 0.3) is 0 Å². The van der Waals surface area contributed by atoms with Crippen LogP contribution in [-0.4, -0.2) is 53.6 Å². The van der Waals surface area contributed by atoms with Crippen LogP contribution < -0.4 is 16.6 Å². The lowest BCUT2D eigenvalue weighted by Crippen LogP contribution is -2.42. The highest BCUT2D eigenvalue weighted by Crippen LogP contribution is 2.24. The SMILES string of the molecule is N[C@@H](CCS[S+](CC[C@H](N)C(=O)O)S(=O)(=O)O)C(=O)[O-]. The van der Waals surface area contributed by atoms with Gasteiger partial charge in [0.25, 0.3) is 0 Å². The fourth-order valence-electron chi connectivity index (χ4n) is 0.958. The van der Waals surface area contributed by atoms with Gasteiger partial charge in [-0.2, -0.15) is 0 Å². The van der Waals surface area contributed by atoms with Gasteiger partial charge >= 0.3 is 15.1 Å². The lowest BCUT2D eigenvalue weighted by atomic mass is 10.2. The van der Waals surface area contributed by atoms with Crippen molar-refractivity contribution in [3.63, 3.8) is 0 Å². The van der Waals surface area contributed by atoms with Gasteiger partial charge in [-0.05, 0) is 6.42 Å². The van der Waals surface area contributed by atoms with Crippen molar-refractivity contribution in [2.24, 2.45) is 11.5 Å². The number of aliphatic carboxylic acids is 2. The molecule has 6 N–H and O–H groups in total. The van der Waals surface area contributed by atoms with Gasteiger partial charge in [0.2, 0.25) is 8.96 Å². The second kappa shape index (κ2) is 8.69. The number of hydrogen-bond acceptors (Lipinski definition) is 8. The highest BCUT2D eigenvalue weighted by Gasteiger charge is 2.36. The van der Waals surface area contributed by atoms with E-state index in [4.69, 9.17) is 21.1 Å². The van der Waals surface area contributed by atoms with Crippen LogP contribution in [0.1, 0.15) is 12.8 Å². The molecule has 1 unspecified atom stereocenters. The molecule has 0 aliphatic heterocycles. The van der Waals surface area contributed by atoms with Crippen molar-refractivity contribution >= 4 is 40.8 Å². The van der Waals surface area contributed by atoms with Crippen LogP contribution in [0.5, 0.6) is 0 Å². The summed E-state index contributed by atoms with van der Waals surface area (Å²) in [7, 11) is -5.14. The third-order valence-corrected chi connectivity index (χ3v) is 9.91. The number of carbonyl (C=O) groups is 2. The van der Waals surface area contributed by atoms with Gasteiger partial charge < -0.3 is 26.5 Å². The van der Waals surface area contributed by atoms with E-state index in [1.54, 1.807) is 0 Å². The van der Waals surface area contributed by atoms with Gasteiger partial charge in [0.1, 0.15) is 22.6 Å². The number of carboxylic acids is 2. The molecule has 0 rings (SSSR count). The van der Waals surface area contributed by atoms with Crippen molar-refractivity contribution in [2.75, 3.05) is 11.5 Å². The summed E-state index contributed by atoms with van der Waals surface area (Å²) >= 11 is 0. The number of carbonyl (C=O) groups excluding carboxylic acids is 1. The summed E-state index contributed by atoms with van der Waals surface area (Å²) in [6.07, 6.45) is -0.158. The first-order chi connectivity index (χ1) is 9.05. The fourth-order valence-corrected chi connectivity index (χ4v) is 6.87. The molecule has 118 valence electrons. The summed E-state index contributed by atoms with van der Waals surface area (Å²) in [6.45, 7) is 0. The van der Waals surface area contributed by atoms with E-state index in [-0.39, 0.29) is 24.3 Å². The molecule has 20 heavy (non-hydrogen) atoms. The van der Waals surface area contributed by atoms with Gasteiger partial charge in [0, 0.05) is 18.2 Å². The Kier molecular flexibility index (Phi) is 8.46. The Hall–Kier alpha value is -0.530. The molecule has 0 aliphatic rings. The zero-order valence-corrected chi connectivity index (χ0v) is 12.7. The van der Waals surface area contributed by atoms with Crippen LogP contribution in [0, 0.1) is 0 Å². The molecule has 0 heterocycles. The third kappa shape index (κ3) is 7.91. The molecule has 9 nitrogen and oxygen atoms in total. The summed E-state index contributed by atoms with van der Waals surface area (Å²) in [5.74, 6) is -2.80. The average Bonchev–Trinajstić information content (AvgIpc) is 2.30. The second-order valence-electron chi connectivity index (χ2n) is 3.71. The van der Waals surface area contributed by atoms with Gasteiger partial charge in [0.15, 0.2) is 0 Å². The quantitative estimate of drug-likeness (QED) is 0.184. The first kappa shape index (κ1) is 19.5. The molecule has 0 fully saturated rings. The van der Waals surface area contributed by atoms with Crippen molar-refractivity contribution < 1.29 is 32.8 Å². The molecule has 3 atom stereocenters. The monoisotopic (exact) mass is 348 g/mol. The van der Waals surface area contributed by atoms with Crippen molar-refractivity contribution in [2.45, 2.75) is 24.9 Å². The Labute approximate surface area is 122 Å². The molecule has 12 heteroatoms. The summed E-state index contributed by atoms with van der Waals surface area (Å²) in [4.78, 5) is 20.9. The standard InChI is InChI=1S/C8H16N2O7S3/c9-5(7(11)12)1-3-18-19(20(15,16)17)4-2-6(10)8(13)14/h5-6H,1-4,9-10H2,(H2-,11,12,13,14,15,16,17)/t5-,6-,19?/m0/s1. The van der Waals surface area contributed by atoms with Crippen LogP contribution in [0.3, 0.4) is 0 Å². The van der Waals surface area contributed by atoms with Crippen molar-refractivity contribution in [1.29, 1.82) is 0 Å². The zero-order chi connectivity index (χ0) is 15.9. The van der Waals surface area contributed by atoms with E-state index in [1.807, 2.05) is 0 Å². The van der Waals surface area contributed by atoms with E-state index in [9.17, 15) is 23.1 Å².